The highest BCUT2D eigenvalue weighted by molar-refractivity contribution is 5.99. The summed E-state index contributed by atoms with van der Waals surface area (Å²) in [6.45, 7) is 2.15. The van der Waals surface area contributed by atoms with Gasteiger partial charge in [0.2, 0.25) is 0 Å². The highest BCUT2D eigenvalue weighted by atomic mass is 16.5. The Morgan fingerprint density at radius 3 is 2.76 bits per heavy atom. The van der Waals surface area contributed by atoms with Crippen molar-refractivity contribution in [3.63, 3.8) is 0 Å². The molecule has 1 aliphatic rings. The van der Waals surface area contributed by atoms with Crippen LogP contribution in [-0.2, 0) is 14.3 Å². The zero-order valence-electron chi connectivity index (χ0n) is 15.6. The van der Waals surface area contributed by atoms with Gasteiger partial charge in [-0.15, -0.1) is 0 Å². The number of allylic oxidation sites excluding steroid dienone is 5. The first kappa shape index (κ1) is 21.4. The minimum Gasteiger partial charge on any atom is -0.469 e. The van der Waals surface area contributed by atoms with Gasteiger partial charge < -0.3 is 9.84 Å². The van der Waals surface area contributed by atoms with Crippen molar-refractivity contribution in [2.24, 2.45) is 0 Å². The van der Waals surface area contributed by atoms with Crippen LogP contribution in [0.25, 0.3) is 0 Å². The predicted octanol–water partition coefficient (Wildman–Crippen LogP) is 4.43. The van der Waals surface area contributed by atoms with Gasteiger partial charge in [-0.2, -0.15) is 0 Å². The van der Waals surface area contributed by atoms with E-state index < -0.39 is 6.10 Å². The molecule has 0 saturated carbocycles. The second-order valence-corrected chi connectivity index (χ2v) is 6.49. The first-order chi connectivity index (χ1) is 12.1. The van der Waals surface area contributed by atoms with E-state index in [0.29, 0.717) is 19.3 Å². The quantitative estimate of drug-likeness (QED) is 0.322. The molecule has 0 aromatic rings. The molecule has 0 fully saturated rings. The van der Waals surface area contributed by atoms with Gasteiger partial charge in [-0.25, -0.2) is 0 Å². The molecular weight excluding hydrogens is 316 g/mol. The third-order valence-electron chi connectivity index (χ3n) is 4.44. The van der Waals surface area contributed by atoms with Gasteiger partial charge in [0, 0.05) is 18.4 Å². The molecule has 0 aromatic heterocycles. The van der Waals surface area contributed by atoms with Gasteiger partial charge >= 0.3 is 5.97 Å². The van der Waals surface area contributed by atoms with E-state index in [2.05, 4.69) is 11.7 Å². The Morgan fingerprint density at radius 2 is 2.04 bits per heavy atom. The number of aliphatic hydroxyl groups excluding tert-OH is 1. The summed E-state index contributed by atoms with van der Waals surface area (Å²) in [5, 5.41) is 9.98. The van der Waals surface area contributed by atoms with Crippen molar-refractivity contribution < 1.29 is 19.4 Å². The number of unbranched alkanes of at least 4 members (excludes halogenated alkanes) is 3. The summed E-state index contributed by atoms with van der Waals surface area (Å²) >= 11 is 0. The van der Waals surface area contributed by atoms with Gasteiger partial charge in [0.1, 0.15) is 0 Å². The van der Waals surface area contributed by atoms with Crippen molar-refractivity contribution >= 4 is 11.8 Å². The fourth-order valence-electron chi connectivity index (χ4n) is 2.87. The van der Waals surface area contributed by atoms with Gasteiger partial charge in [0.25, 0.3) is 0 Å². The van der Waals surface area contributed by atoms with Crippen LogP contribution in [-0.4, -0.2) is 30.1 Å². The van der Waals surface area contributed by atoms with Crippen molar-refractivity contribution in [1.29, 1.82) is 0 Å². The first-order valence-corrected chi connectivity index (χ1v) is 9.41. The zero-order chi connectivity index (χ0) is 18.5. The number of hydrogen-bond donors (Lipinski definition) is 1. The number of carbonyl (C=O) groups is 2. The molecule has 0 spiro atoms. The van der Waals surface area contributed by atoms with Gasteiger partial charge in [-0.1, -0.05) is 50.5 Å². The summed E-state index contributed by atoms with van der Waals surface area (Å²) in [6.07, 6.45) is 15.4. The highest BCUT2D eigenvalue weighted by Crippen LogP contribution is 2.27. The fraction of sp³-hybridized carbons (Fsp3) is 0.619. The van der Waals surface area contributed by atoms with Crippen molar-refractivity contribution in [3.8, 4) is 0 Å². The number of hydrogen-bond acceptors (Lipinski definition) is 4. The van der Waals surface area contributed by atoms with Crippen molar-refractivity contribution in [2.75, 3.05) is 7.11 Å². The average Bonchev–Trinajstić information content (AvgIpc) is 2.96. The normalized spacial score (nSPS) is 16.4. The third kappa shape index (κ3) is 8.82. The van der Waals surface area contributed by atoms with Crippen LogP contribution < -0.4 is 0 Å². The van der Waals surface area contributed by atoms with E-state index in [9.17, 15) is 14.7 Å². The second-order valence-electron chi connectivity index (χ2n) is 6.49. The van der Waals surface area contributed by atoms with E-state index >= 15 is 0 Å². The smallest absolute Gasteiger partial charge is 0.305 e. The lowest BCUT2D eigenvalue weighted by molar-refractivity contribution is -0.140. The second kappa shape index (κ2) is 12.6. The molecule has 1 unspecified atom stereocenters. The largest absolute Gasteiger partial charge is 0.469 e. The Kier molecular flexibility index (Phi) is 10.8. The third-order valence-corrected chi connectivity index (χ3v) is 4.44. The summed E-state index contributed by atoms with van der Waals surface area (Å²) in [6, 6.07) is 0. The number of Topliss-reactive ketones (excluding diaryl/α,β-unsaturated/α-hetero) is 1. The molecule has 0 aromatic carbocycles. The van der Waals surface area contributed by atoms with Crippen LogP contribution in [0.15, 0.2) is 35.5 Å². The van der Waals surface area contributed by atoms with Crippen LogP contribution in [0.5, 0.6) is 0 Å². The van der Waals surface area contributed by atoms with Gasteiger partial charge in [0.05, 0.1) is 13.2 Å². The molecule has 4 nitrogen and oxygen atoms in total. The number of carbonyl (C=O) groups excluding carboxylic acids is 2. The van der Waals surface area contributed by atoms with Crippen LogP contribution in [0, 0.1) is 0 Å². The van der Waals surface area contributed by atoms with E-state index in [1.807, 2.05) is 24.3 Å². The Hall–Kier alpha value is -1.68. The maximum atomic E-state index is 12.0. The number of rotatable bonds is 12. The molecule has 1 N–H and O–H groups in total. The molecule has 140 valence electrons. The molecule has 25 heavy (non-hydrogen) atoms. The number of aliphatic hydroxyl groups is 1. The molecule has 1 atom stereocenters. The lowest BCUT2D eigenvalue weighted by atomic mass is 10.0. The standard InChI is InChI=1S/C21H32O4/c1-3-4-7-10-18(22)15-13-17-14-16-20(23)19(17)11-8-5-6-9-12-21(24)25-2/h5,8,13,15,18,22H,3-4,6-7,9-12,14,16H2,1-2H3/b8-5-,15-13+. The lowest BCUT2D eigenvalue weighted by Crippen LogP contribution is -2.01. The predicted molar refractivity (Wildman–Crippen MR) is 100 cm³/mol. The summed E-state index contributed by atoms with van der Waals surface area (Å²) < 4.78 is 4.60. The Balaban J connectivity index is 2.46. The minimum absolute atomic E-state index is 0.188. The molecule has 4 heteroatoms. The maximum absolute atomic E-state index is 12.0. The van der Waals surface area contributed by atoms with Crippen LogP contribution in [0.3, 0.4) is 0 Å². The molecule has 0 saturated heterocycles. The van der Waals surface area contributed by atoms with Gasteiger partial charge in [0.15, 0.2) is 5.78 Å². The number of methoxy groups -OCH3 is 1. The molecule has 1 aliphatic carbocycles. The fourth-order valence-corrected chi connectivity index (χ4v) is 2.87. The Labute approximate surface area is 151 Å². The van der Waals surface area contributed by atoms with Crippen LogP contribution >= 0.6 is 0 Å². The molecule has 0 heterocycles. The first-order valence-electron chi connectivity index (χ1n) is 9.41. The van der Waals surface area contributed by atoms with E-state index in [4.69, 9.17) is 0 Å². The van der Waals surface area contributed by atoms with E-state index in [1.54, 1.807) is 0 Å². The summed E-state index contributed by atoms with van der Waals surface area (Å²) in [7, 11) is 1.39. The molecule has 1 rings (SSSR count). The minimum atomic E-state index is -0.426. The average molecular weight is 348 g/mol. The van der Waals surface area contributed by atoms with E-state index in [0.717, 1.165) is 56.1 Å². The molecular formula is C21H32O4. The maximum Gasteiger partial charge on any atom is 0.305 e. The number of ether oxygens (including phenoxy) is 1. The number of esters is 1. The van der Waals surface area contributed by atoms with Crippen molar-refractivity contribution in [1.82, 2.24) is 0 Å². The van der Waals surface area contributed by atoms with Crippen LogP contribution in [0.1, 0.15) is 71.1 Å². The van der Waals surface area contributed by atoms with Crippen LogP contribution in [0.2, 0.25) is 0 Å². The zero-order valence-corrected chi connectivity index (χ0v) is 15.6. The number of ketones is 1. The van der Waals surface area contributed by atoms with Gasteiger partial charge in [-0.05, 0) is 37.7 Å². The monoisotopic (exact) mass is 348 g/mol. The lowest BCUT2D eigenvalue weighted by Gasteiger charge is -2.05. The summed E-state index contributed by atoms with van der Waals surface area (Å²) in [4.78, 5) is 23.1. The van der Waals surface area contributed by atoms with Gasteiger partial charge in [-0.3, -0.25) is 9.59 Å². The molecule has 0 radical (unpaired) electrons. The highest BCUT2D eigenvalue weighted by Gasteiger charge is 2.20. The molecule has 0 amide bonds. The molecule has 0 aliphatic heterocycles. The SMILES string of the molecule is CCCCCC(O)/C=C/C1=C(C/C=C\CCCC(=O)OC)C(=O)CC1. The van der Waals surface area contributed by atoms with Crippen LogP contribution in [0.4, 0.5) is 0 Å². The Morgan fingerprint density at radius 1 is 1.24 bits per heavy atom. The van der Waals surface area contributed by atoms with Crippen molar-refractivity contribution in [2.45, 2.75) is 77.2 Å². The summed E-state index contributed by atoms with van der Waals surface area (Å²) in [5.41, 5.74) is 1.92. The van der Waals surface area contributed by atoms with E-state index in [-0.39, 0.29) is 11.8 Å². The van der Waals surface area contributed by atoms with Crippen molar-refractivity contribution in [3.05, 3.63) is 35.5 Å². The summed E-state index contributed by atoms with van der Waals surface area (Å²) in [5.74, 6) is 0.0198. The molecule has 0 bridgehead atoms. The Bertz CT molecular complexity index is 514. The topological polar surface area (TPSA) is 63.6 Å². The van der Waals surface area contributed by atoms with E-state index in [1.165, 1.54) is 7.11 Å².